The van der Waals surface area contributed by atoms with E-state index in [1.54, 1.807) is 6.07 Å². The van der Waals surface area contributed by atoms with Crippen LogP contribution in [0.5, 0.6) is 17.2 Å². The van der Waals surface area contributed by atoms with Crippen molar-refractivity contribution in [1.29, 1.82) is 0 Å². The van der Waals surface area contributed by atoms with Crippen molar-refractivity contribution in [3.63, 3.8) is 0 Å². The zero-order chi connectivity index (χ0) is 25.9. The smallest absolute Gasteiger partial charge is 0.142 e. The lowest BCUT2D eigenvalue weighted by molar-refractivity contribution is 0.198. The van der Waals surface area contributed by atoms with Gasteiger partial charge in [-0.05, 0) is 102 Å². The quantitative estimate of drug-likeness (QED) is 0.342. The molecule has 0 bridgehead atoms. The Morgan fingerprint density at radius 3 is 2.72 bits per heavy atom. The summed E-state index contributed by atoms with van der Waals surface area (Å²) < 4.78 is 24.7. The molecule has 0 radical (unpaired) electrons. The highest BCUT2D eigenvalue weighted by Gasteiger charge is 2.25. The van der Waals surface area contributed by atoms with Gasteiger partial charge in [0, 0.05) is 26.2 Å². The average molecular weight is 551 g/mol. The van der Waals surface area contributed by atoms with Crippen molar-refractivity contribution >= 4 is 29.2 Å². The van der Waals surface area contributed by atoms with Crippen LogP contribution in [0.25, 0.3) is 11.1 Å². The van der Waals surface area contributed by atoms with Gasteiger partial charge in [0.05, 0.1) is 12.4 Å². The van der Waals surface area contributed by atoms with Crippen LogP contribution in [0.1, 0.15) is 47.9 Å². The Morgan fingerprint density at radius 1 is 1.03 bits per heavy atom. The molecule has 39 heavy (non-hydrogen) atoms. The molecule has 3 aliphatic rings. The zero-order valence-corrected chi connectivity index (χ0v) is 22.9. The van der Waals surface area contributed by atoms with Crippen LogP contribution >= 0.6 is 12.4 Å². The van der Waals surface area contributed by atoms with Crippen molar-refractivity contribution in [3.8, 4) is 17.2 Å². The van der Waals surface area contributed by atoms with Crippen molar-refractivity contribution in [1.82, 2.24) is 4.90 Å². The van der Waals surface area contributed by atoms with E-state index in [-0.39, 0.29) is 25.2 Å². The number of hydrogen-bond donors (Lipinski definition) is 2. The Hall–Kier alpha value is -3.22. The second kappa shape index (κ2) is 12.3. The molecule has 1 fully saturated rings. The maximum absolute atomic E-state index is 12.5. The van der Waals surface area contributed by atoms with Crippen LogP contribution in [0.3, 0.4) is 0 Å². The number of phenolic OH excluding ortho intramolecular Hbond substituents is 1. The van der Waals surface area contributed by atoms with Gasteiger partial charge in [0.2, 0.25) is 0 Å². The van der Waals surface area contributed by atoms with Gasteiger partial charge >= 0.3 is 0 Å². The van der Waals surface area contributed by atoms with Gasteiger partial charge in [-0.15, -0.1) is 12.4 Å². The van der Waals surface area contributed by atoms with E-state index >= 15 is 0 Å². The number of aryl methyl sites for hydroxylation is 1. The summed E-state index contributed by atoms with van der Waals surface area (Å²) in [5, 5.41) is 13.7. The third-order valence-corrected chi connectivity index (χ3v) is 7.82. The number of ether oxygens (including phenoxy) is 2. The fourth-order valence-electron chi connectivity index (χ4n) is 5.99. The zero-order valence-electron chi connectivity index (χ0n) is 22.1. The third kappa shape index (κ3) is 6.02. The summed E-state index contributed by atoms with van der Waals surface area (Å²) >= 11 is 0. The number of hydrogen-bond acceptors (Lipinski definition) is 5. The fourth-order valence-corrected chi connectivity index (χ4v) is 5.99. The molecular weight excluding hydrogens is 515 g/mol. The number of allylic oxidation sites excluding steroid dienone is 1. The number of halogens is 2. The van der Waals surface area contributed by atoms with E-state index in [1.807, 2.05) is 6.07 Å². The van der Waals surface area contributed by atoms with Crippen molar-refractivity contribution in [2.24, 2.45) is 0 Å². The van der Waals surface area contributed by atoms with E-state index in [1.165, 1.54) is 27.8 Å². The van der Waals surface area contributed by atoms with Crippen molar-refractivity contribution in [3.05, 3.63) is 82.9 Å². The van der Waals surface area contributed by atoms with Crippen LogP contribution in [-0.2, 0) is 6.42 Å². The first-order valence-corrected chi connectivity index (χ1v) is 13.8. The van der Waals surface area contributed by atoms with Gasteiger partial charge in [0.25, 0.3) is 0 Å². The predicted molar refractivity (Wildman–Crippen MR) is 157 cm³/mol. The maximum Gasteiger partial charge on any atom is 0.142 e. The van der Waals surface area contributed by atoms with E-state index in [0.29, 0.717) is 18.8 Å². The van der Waals surface area contributed by atoms with Gasteiger partial charge in [-0.1, -0.05) is 24.3 Å². The highest BCUT2D eigenvalue weighted by molar-refractivity contribution is 6.00. The first-order valence-electron chi connectivity index (χ1n) is 13.8. The molecule has 0 aromatic heterocycles. The molecule has 3 aromatic rings. The summed E-state index contributed by atoms with van der Waals surface area (Å²) in [6.07, 6.45) is 4.58. The van der Waals surface area contributed by atoms with Crippen molar-refractivity contribution in [2.45, 2.75) is 38.2 Å². The number of fused-ring (bicyclic) bond motifs is 2. The Bertz CT molecular complexity index is 1330. The number of benzene rings is 3. The first-order chi connectivity index (χ1) is 18.7. The third-order valence-electron chi connectivity index (χ3n) is 7.82. The molecule has 0 spiro atoms. The normalized spacial score (nSPS) is 18.7. The summed E-state index contributed by atoms with van der Waals surface area (Å²) in [5.41, 5.74) is 8.23. The molecule has 5 nitrogen and oxygen atoms in total. The monoisotopic (exact) mass is 550 g/mol. The lowest BCUT2D eigenvalue weighted by Gasteiger charge is -2.22. The molecule has 2 heterocycles. The molecule has 1 aliphatic carbocycles. The lowest BCUT2D eigenvalue weighted by Crippen LogP contribution is -2.26. The summed E-state index contributed by atoms with van der Waals surface area (Å²) in [7, 11) is 0. The van der Waals surface area contributed by atoms with E-state index in [0.717, 1.165) is 74.6 Å². The summed E-state index contributed by atoms with van der Waals surface area (Å²) in [6, 6.07) is 20.6. The minimum Gasteiger partial charge on any atom is -0.508 e. The number of anilines is 1. The van der Waals surface area contributed by atoms with Crippen LogP contribution in [0.4, 0.5) is 10.1 Å². The molecule has 1 atom stereocenters. The topological polar surface area (TPSA) is 54.0 Å². The van der Waals surface area contributed by atoms with Gasteiger partial charge < -0.3 is 19.9 Å². The molecule has 0 saturated carbocycles. The summed E-state index contributed by atoms with van der Waals surface area (Å²) in [5.74, 6) is 2.07. The fraction of sp³-hybridized carbons (Fsp3) is 0.375. The minimum atomic E-state index is -0.264. The second-order valence-electron chi connectivity index (χ2n) is 10.4. The van der Waals surface area contributed by atoms with E-state index in [9.17, 15) is 9.50 Å². The molecule has 206 valence electrons. The van der Waals surface area contributed by atoms with Crippen LogP contribution in [0.15, 0.2) is 60.7 Å². The van der Waals surface area contributed by atoms with Gasteiger partial charge in [0.1, 0.15) is 30.0 Å². The Morgan fingerprint density at radius 2 is 1.87 bits per heavy atom. The SMILES string of the molecule is Cl.Oc1ccc2c(c1)CCCC(c1ccc3c(c1)NCCO3)=C2c1ccc(O[C@H]2CCN(CCCF)C2)cc1. The molecule has 2 N–H and O–H groups in total. The highest BCUT2D eigenvalue weighted by Crippen LogP contribution is 2.42. The Balaban J connectivity index is 0.00000308. The summed E-state index contributed by atoms with van der Waals surface area (Å²) in [6.45, 7) is 3.83. The molecule has 7 heteroatoms. The minimum absolute atomic E-state index is 0. The number of rotatable bonds is 7. The molecule has 6 rings (SSSR count). The van der Waals surface area contributed by atoms with Crippen molar-refractivity contribution in [2.75, 3.05) is 44.8 Å². The lowest BCUT2D eigenvalue weighted by atomic mass is 9.87. The number of aromatic hydroxyl groups is 1. The molecule has 0 unspecified atom stereocenters. The molecular formula is C32H36ClFN2O3. The van der Waals surface area contributed by atoms with Crippen LogP contribution in [-0.4, -0.2) is 55.6 Å². The number of nitrogens with one attached hydrogen (secondary N) is 1. The number of alkyl halides is 1. The predicted octanol–water partition coefficient (Wildman–Crippen LogP) is 6.73. The van der Waals surface area contributed by atoms with Gasteiger partial charge in [-0.2, -0.15) is 0 Å². The standard InChI is InChI=1S/C32H35FN2O3.ClH/c33-14-2-16-35-17-13-27(21-35)38-26-9-5-22(6-10-26)32-28(4-1-3-23-19-25(36)8-11-29(23)32)24-7-12-31-30(20-24)34-15-18-37-31;/h5-12,19-20,27,34,36H,1-4,13-18,21H2;1H/t27-;/m0./s1. The summed E-state index contributed by atoms with van der Waals surface area (Å²) in [4.78, 5) is 2.28. The largest absolute Gasteiger partial charge is 0.508 e. The molecule has 3 aromatic carbocycles. The van der Waals surface area contributed by atoms with Crippen LogP contribution < -0.4 is 14.8 Å². The first kappa shape index (κ1) is 27.4. The molecule has 1 saturated heterocycles. The second-order valence-corrected chi connectivity index (χ2v) is 10.4. The highest BCUT2D eigenvalue weighted by atomic mass is 35.5. The maximum atomic E-state index is 12.5. The number of likely N-dealkylation sites (tertiary alicyclic amines) is 1. The van der Waals surface area contributed by atoms with Gasteiger partial charge in [-0.3, -0.25) is 9.29 Å². The van der Waals surface area contributed by atoms with E-state index < -0.39 is 0 Å². The molecule has 0 amide bonds. The van der Waals surface area contributed by atoms with Gasteiger partial charge in [0.15, 0.2) is 0 Å². The number of phenols is 1. The number of nitrogens with zero attached hydrogens (tertiary/aromatic N) is 1. The van der Waals surface area contributed by atoms with Crippen LogP contribution in [0, 0.1) is 0 Å². The molecule has 2 aliphatic heterocycles. The van der Waals surface area contributed by atoms with E-state index in [4.69, 9.17) is 9.47 Å². The van der Waals surface area contributed by atoms with E-state index in [2.05, 4.69) is 58.7 Å². The Labute approximate surface area is 236 Å². The van der Waals surface area contributed by atoms with Gasteiger partial charge in [-0.25, -0.2) is 0 Å². The van der Waals surface area contributed by atoms with Crippen molar-refractivity contribution < 1.29 is 19.0 Å². The average Bonchev–Trinajstić information content (AvgIpc) is 3.30. The Kier molecular flexibility index (Phi) is 8.63. The van der Waals surface area contributed by atoms with Crippen LogP contribution in [0.2, 0.25) is 0 Å².